The van der Waals surface area contributed by atoms with Crippen molar-refractivity contribution in [2.75, 3.05) is 7.11 Å². The third-order valence-electron chi connectivity index (χ3n) is 1.89. The van der Waals surface area contributed by atoms with Gasteiger partial charge in [-0.15, -0.1) is 0 Å². The van der Waals surface area contributed by atoms with Crippen LogP contribution in [0.25, 0.3) is 0 Å². The maximum Gasteiger partial charge on any atom is 0.317 e. The Hall–Kier alpha value is -1.95. The highest BCUT2D eigenvalue weighted by Gasteiger charge is 1.96. The second-order valence-electron chi connectivity index (χ2n) is 3.06. The molecule has 0 aromatic heterocycles. The van der Waals surface area contributed by atoms with Gasteiger partial charge in [-0.1, -0.05) is 11.8 Å². The Labute approximate surface area is 88.7 Å². The lowest BCUT2D eigenvalue weighted by Crippen LogP contribution is -1.97. The van der Waals surface area contributed by atoms with E-state index in [1.165, 1.54) is 7.11 Å². The van der Waals surface area contributed by atoms with Crippen LogP contribution in [0.1, 0.15) is 17.5 Å². The highest BCUT2D eigenvalue weighted by atomic mass is 16.5. The number of benzene rings is 1. The largest absolute Gasteiger partial charge is 0.508 e. The fourth-order valence-electron chi connectivity index (χ4n) is 1.02. The summed E-state index contributed by atoms with van der Waals surface area (Å²) in [6.45, 7) is 1.79. The predicted octanol–water partition coefficient (Wildman–Crippen LogP) is 1.62. The zero-order chi connectivity index (χ0) is 11.3. The van der Waals surface area contributed by atoms with Crippen molar-refractivity contribution in [3.05, 3.63) is 29.3 Å². The molecule has 0 unspecified atom stereocenters. The van der Waals surface area contributed by atoms with Crippen LogP contribution in [0.3, 0.4) is 0 Å². The first-order valence-electron chi connectivity index (χ1n) is 4.49. The van der Waals surface area contributed by atoms with E-state index in [-0.39, 0.29) is 18.1 Å². The Morgan fingerprint density at radius 1 is 1.53 bits per heavy atom. The second kappa shape index (κ2) is 5.06. The quantitative estimate of drug-likeness (QED) is 0.558. The molecular weight excluding hydrogens is 192 g/mol. The number of phenols is 1. The fourth-order valence-corrected chi connectivity index (χ4v) is 1.02. The SMILES string of the molecule is COC(=O)CC#Cc1ccc(O)c(C)c1. The monoisotopic (exact) mass is 204 g/mol. The first-order chi connectivity index (χ1) is 7.13. The van der Waals surface area contributed by atoms with Gasteiger partial charge in [-0.2, -0.15) is 0 Å². The van der Waals surface area contributed by atoms with Gasteiger partial charge in [0.25, 0.3) is 0 Å². The summed E-state index contributed by atoms with van der Waals surface area (Å²) in [5.41, 5.74) is 1.54. The molecule has 0 atom stereocenters. The minimum Gasteiger partial charge on any atom is -0.508 e. The average Bonchev–Trinajstić information content (AvgIpc) is 2.23. The normalized spacial score (nSPS) is 8.93. The van der Waals surface area contributed by atoms with Gasteiger partial charge < -0.3 is 9.84 Å². The molecule has 0 heterocycles. The van der Waals surface area contributed by atoms with E-state index in [2.05, 4.69) is 16.6 Å². The number of hydrogen-bond donors (Lipinski definition) is 1. The van der Waals surface area contributed by atoms with Gasteiger partial charge in [0.1, 0.15) is 12.2 Å². The van der Waals surface area contributed by atoms with Crippen LogP contribution in [0.4, 0.5) is 0 Å². The van der Waals surface area contributed by atoms with E-state index >= 15 is 0 Å². The molecule has 0 aliphatic heterocycles. The van der Waals surface area contributed by atoms with Crippen LogP contribution in [-0.2, 0) is 9.53 Å². The van der Waals surface area contributed by atoms with Gasteiger partial charge in [-0.25, -0.2) is 0 Å². The molecule has 1 rings (SSSR count). The van der Waals surface area contributed by atoms with Crippen molar-refractivity contribution in [2.45, 2.75) is 13.3 Å². The molecule has 1 N–H and O–H groups in total. The molecule has 0 saturated heterocycles. The van der Waals surface area contributed by atoms with Crippen molar-refractivity contribution in [3.63, 3.8) is 0 Å². The van der Waals surface area contributed by atoms with Crippen molar-refractivity contribution in [3.8, 4) is 17.6 Å². The van der Waals surface area contributed by atoms with Crippen molar-refractivity contribution >= 4 is 5.97 Å². The lowest BCUT2D eigenvalue weighted by Gasteiger charge is -1.97. The number of aromatic hydroxyl groups is 1. The van der Waals surface area contributed by atoms with Gasteiger partial charge >= 0.3 is 5.97 Å². The zero-order valence-corrected chi connectivity index (χ0v) is 8.70. The molecule has 0 saturated carbocycles. The van der Waals surface area contributed by atoms with Crippen molar-refractivity contribution < 1.29 is 14.6 Å². The minimum absolute atomic E-state index is 0.0798. The molecule has 3 nitrogen and oxygen atoms in total. The molecule has 0 amide bonds. The molecule has 1 aromatic carbocycles. The van der Waals surface area contributed by atoms with E-state index in [1.54, 1.807) is 25.1 Å². The lowest BCUT2D eigenvalue weighted by molar-refractivity contribution is -0.139. The van der Waals surface area contributed by atoms with Gasteiger partial charge in [0.15, 0.2) is 0 Å². The van der Waals surface area contributed by atoms with Crippen LogP contribution >= 0.6 is 0 Å². The number of phenolic OH excluding ortho intramolecular Hbond substituents is 1. The zero-order valence-electron chi connectivity index (χ0n) is 8.70. The van der Waals surface area contributed by atoms with Crippen molar-refractivity contribution in [2.24, 2.45) is 0 Å². The molecule has 0 fully saturated rings. The smallest absolute Gasteiger partial charge is 0.317 e. The summed E-state index contributed by atoms with van der Waals surface area (Å²) in [4.78, 5) is 10.8. The summed E-state index contributed by atoms with van der Waals surface area (Å²) in [6.07, 6.45) is 0.0798. The van der Waals surface area contributed by atoms with Crippen LogP contribution in [0.2, 0.25) is 0 Å². The Morgan fingerprint density at radius 2 is 2.27 bits per heavy atom. The molecule has 0 aliphatic carbocycles. The molecule has 78 valence electrons. The van der Waals surface area contributed by atoms with E-state index in [1.807, 2.05) is 0 Å². The number of carbonyl (C=O) groups is 1. The maximum absolute atomic E-state index is 10.8. The molecule has 3 heteroatoms. The van der Waals surface area contributed by atoms with Crippen molar-refractivity contribution in [1.82, 2.24) is 0 Å². The van der Waals surface area contributed by atoms with E-state index in [9.17, 15) is 9.90 Å². The summed E-state index contributed by atoms with van der Waals surface area (Å²) in [7, 11) is 1.33. The van der Waals surface area contributed by atoms with Crippen LogP contribution in [-0.4, -0.2) is 18.2 Å². The Balaban J connectivity index is 2.72. The van der Waals surface area contributed by atoms with Crippen LogP contribution in [0.5, 0.6) is 5.75 Å². The number of hydrogen-bond acceptors (Lipinski definition) is 3. The van der Waals surface area contributed by atoms with Gasteiger partial charge in [0.05, 0.1) is 7.11 Å². The summed E-state index contributed by atoms with van der Waals surface area (Å²) >= 11 is 0. The van der Waals surface area contributed by atoms with E-state index in [4.69, 9.17) is 0 Å². The van der Waals surface area contributed by atoms with Crippen LogP contribution in [0.15, 0.2) is 18.2 Å². The Morgan fingerprint density at radius 3 is 2.87 bits per heavy atom. The third-order valence-corrected chi connectivity index (χ3v) is 1.89. The van der Waals surface area contributed by atoms with E-state index in [0.29, 0.717) is 0 Å². The standard InChI is InChI=1S/C12H12O3/c1-9-8-10(6-7-11(9)13)4-3-5-12(14)15-2/h6-8,13H,5H2,1-2H3. The third kappa shape index (κ3) is 3.35. The first kappa shape index (κ1) is 11.1. The van der Waals surface area contributed by atoms with Crippen LogP contribution < -0.4 is 0 Å². The molecule has 0 aliphatic rings. The number of aryl methyl sites for hydroxylation is 1. The second-order valence-corrected chi connectivity index (χ2v) is 3.06. The average molecular weight is 204 g/mol. The first-order valence-corrected chi connectivity index (χ1v) is 4.49. The molecule has 0 radical (unpaired) electrons. The highest BCUT2D eigenvalue weighted by Crippen LogP contribution is 2.16. The molecular formula is C12H12O3. The van der Waals surface area contributed by atoms with Crippen molar-refractivity contribution in [1.29, 1.82) is 0 Å². The predicted molar refractivity (Wildman–Crippen MR) is 56.4 cm³/mol. The lowest BCUT2D eigenvalue weighted by atomic mass is 10.1. The van der Waals surface area contributed by atoms with Gasteiger partial charge in [-0.05, 0) is 30.7 Å². The maximum atomic E-state index is 10.8. The fraction of sp³-hybridized carbons (Fsp3) is 0.250. The highest BCUT2D eigenvalue weighted by molar-refractivity contribution is 5.72. The topological polar surface area (TPSA) is 46.5 Å². The number of carbonyl (C=O) groups excluding carboxylic acids is 1. The van der Waals surface area contributed by atoms with Gasteiger partial charge in [0, 0.05) is 5.56 Å². The molecule has 15 heavy (non-hydrogen) atoms. The molecule has 1 aromatic rings. The van der Waals surface area contributed by atoms with Crippen LogP contribution in [0, 0.1) is 18.8 Å². The Kier molecular flexibility index (Phi) is 3.75. The molecule has 0 bridgehead atoms. The summed E-state index contributed by atoms with van der Waals surface area (Å²) < 4.78 is 4.45. The number of methoxy groups -OCH3 is 1. The van der Waals surface area contributed by atoms with E-state index < -0.39 is 0 Å². The number of ether oxygens (including phenoxy) is 1. The van der Waals surface area contributed by atoms with Gasteiger partial charge in [0.2, 0.25) is 0 Å². The molecule has 0 spiro atoms. The summed E-state index contributed by atoms with van der Waals surface area (Å²) in [5.74, 6) is 5.40. The Bertz CT molecular complexity index is 424. The van der Waals surface area contributed by atoms with Gasteiger partial charge in [-0.3, -0.25) is 4.79 Å². The van der Waals surface area contributed by atoms with E-state index in [0.717, 1.165) is 11.1 Å². The minimum atomic E-state index is -0.349. The summed E-state index contributed by atoms with van der Waals surface area (Å²) in [5, 5.41) is 9.27. The number of rotatable bonds is 1. The number of esters is 1. The summed E-state index contributed by atoms with van der Waals surface area (Å²) in [6, 6.07) is 5.05.